The highest BCUT2D eigenvalue weighted by atomic mass is 32.1. The summed E-state index contributed by atoms with van der Waals surface area (Å²) in [4.78, 5) is 10.8. The lowest BCUT2D eigenvalue weighted by Crippen LogP contribution is -2.00. The molecule has 138 valence electrons. The van der Waals surface area contributed by atoms with Crippen LogP contribution in [0.2, 0.25) is 0 Å². The first-order valence-electron chi connectivity index (χ1n) is 8.28. The summed E-state index contributed by atoms with van der Waals surface area (Å²) in [6, 6.07) is 14.2. The molecule has 0 saturated heterocycles. The summed E-state index contributed by atoms with van der Waals surface area (Å²) in [5, 5.41) is 22.5. The number of hydrogen-bond donors (Lipinski definition) is 1. The van der Waals surface area contributed by atoms with E-state index in [9.17, 15) is 10.1 Å². The van der Waals surface area contributed by atoms with Gasteiger partial charge in [0, 0.05) is 17.2 Å². The Morgan fingerprint density at radius 3 is 2.81 bits per heavy atom. The molecule has 0 radical (unpaired) electrons. The molecule has 1 heterocycles. The van der Waals surface area contributed by atoms with Crippen molar-refractivity contribution >= 4 is 24.1 Å². The second kappa shape index (κ2) is 8.37. The molecular weight excluding hydrogens is 366 g/mol. The summed E-state index contributed by atoms with van der Waals surface area (Å²) < 4.78 is 7.22. The van der Waals surface area contributed by atoms with E-state index < -0.39 is 4.92 Å². The third-order valence-corrected chi connectivity index (χ3v) is 3.91. The van der Waals surface area contributed by atoms with Gasteiger partial charge in [0.25, 0.3) is 0 Å². The van der Waals surface area contributed by atoms with Gasteiger partial charge in [-0.1, -0.05) is 37.3 Å². The molecule has 0 aliphatic rings. The fourth-order valence-corrected chi connectivity index (χ4v) is 2.57. The maximum absolute atomic E-state index is 11.3. The number of H-pyrrole nitrogens is 1. The van der Waals surface area contributed by atoms with Crippen LogP contribution in [0, 0.1) is 14.9 Å². The molecule has 0 aliphatic heterocycles. The molecular formula is C18H17N5O3S. The summed E-state index contributed by atoms with van der Waals surface area (Å²) in [5.41, 5.74) is 1.29. The fraction of sp³-hybridized carbons (Fsp3) is 0.167. The van der Waals surface area contributed by atoms with Crippen molar-refractivity contribution in [3.63, 3.8) is 0 Å². The van der Waals surface area contributed by atoms with E-state index in [4.69, 9.17) is 17.0 Å². The number of benzene rings is 2. The van der Waals surface area contributed by atoms with Crippen LogP contribution in [0.5, 0.6) is 5.75 Å². The molecule has 0 amide bonds. The number of nitrogens with one attached hydrogen (secondary N) is 1. The molecule has 0 unspecified atom stereocenters. The van der Waals surface area contributed by atoms with Crippen LogP contribution in [0.4, 0.5) is 5.69 Å². The van der Waals surface area contributed by atoms with Crippen LogP contribution in [0.25, 0.3) is 11.4 Å². The molecule has 3 rings (SSSR count). The third kappa shape index (κ3) is 4.26. The Morgan fingerprint density at radius 1 is 1.33 bits per heavy atom. The van der Waals surface area contributed by atoms with Crippen LogP contribution >= 0.6 is 12.2 Å². The fourth-order valence-electron chi connectivity index (χ4n) is 2.39. The molecule has 0 fully saturated rings. The Morgan fingerprint density at radius 2 is 2.11 bits per heavy atom. The third-order valence-electron chi connectivity index (χ3n) is 3.65. The molecule has 3 aromatic rings. The average molecular weight is 383 g/mol. The standard InChI is InChI=1S/C18H17N5O3S/c1-2-10-26-16-9-8-13(11-15(16)23(24)25)12-19-22-17(20-21-18(22)27)14-6-4-3-5-7-14/h3-9,11-12H,2,10H2,1H3,(H,21,27)/b19-12-. The van der Waals surface area contributed by atoms with Crippen molar-refractivity contribution in [2.75, 3.05) is 6.61 Å². The first-order chi connectivity index (χ1) is 13.1. The number of ether oxygens (including phenoxy) is 1. The SMILES string of the molecule is CCCOc1ccc(/C=N\n2c(-c3ccccc3)n[nH]c2=S)cc1[N+](=O)[O-]. The van der Waals surface area contributed by atoms with Crippen molar-refractivity contribution in [1.29, 1.82) is 0 Å². The lowest BCUT2D eigenvalue weighted by Gasteiger charge is -2.06. The summed E-state index contributed by atoms with van der Waals surface area (Å²) in [7, 11) is 0. The Kier molecular flexibility index (Phi) is 5.72. The molecule has 1 aromatic heterocycles. The summed E-state index contributed by atoms with van der Waals surface area (Å²) in [6.45, 7) is 2.35. The van der Waals surface area contributed by atoms with Crippen LogP contribution in [-0.4, -0.2) is 32.6 Å². The van der Waals surface area contributed by atoms with Gasteiger partial charge in [-0.05, 0) is 30.8 Å². The highest BCUT2D eigenvalue weighted by Gasteiger charge is 2.15. The van der Waals surface area contributed by atoms with E-state index in [0.717, 1.165) is 12.0 Å². The van der Waals surface area contributed by atoms with Crippen molar-refractivity contribution in [1.82, 2.24) is 14.9 Å². The zero-order valence-corrected chi connectivity index (χ0v) is 15.3. The quantitative estimate of drug-likeness (QED) is 0.285. The molecule has 1 N–H and O–H groups in total. The summed E-state index contributed by atoms with van der Waals surface area (Å²) >= 11 is 5.23. The smallest absolute Gasteiger partial charge is 0.311 e. The molecule has 0 aliphatic carbocycles. The molecule has 9 heteroatoms. The largest absolute Gasteiger partial charge is 0.487 e. The zero-order chi connectivity index (χ0) is 19.2. The predicted molar refractivity (Wildman–Crippen MR) is 105 cm³/mol. The normalized spacial score (nSPS) is 11.0. The van der Waals surface area contributed by atoms with Crippen molar-refractivity contribution in [3.05, 3.63) is 69.0 Å². The molecule has 0 spiro atoms. The highest BCUT2D eigenvalue weighted by Crippen LogP contribution is 2.27. The molecule has 0 atom stereocenters. The van der Waals surface area contributed by atoms with Gasteiger partial charge >= 0.3 is 5.69 Å². The molecule has 2 aromatic carbocycles. The first-order valence-corrected chi connectivity index (χ1v) is 8.69. The van der Waals surface area contributed by atoms with Crippen LogP contribution in [0.15, 0.2) is 53.6 Å². The predicted octanol–water partition coefficient (Wildman–Crippen LogP) is 4.19. The molecule has 0 bridgehead atoms. The second-order valence-electron chi connectivity index (χ2n) is 5.61. The maximum atomic E-state index is 11.3. The van der Waals surface area contributed by atoms with E-state index in [1.807, 2.05) is 37.3 Å². The van der Waals surface area contributed by atoms with Crippen LogP contribution in [-0.2, 0) is 0 Å². The number of hydrogen-bond acceptors (Lipinski definition) is 6. The van der Waals surface area contributed by atoms with Gasteiger partial charge in [-0.2, -0.15) is 14.9 Å². The van der Waals surface area contributed by atoms with Gasteiger partial charge in [0.05, 0.1) is 17.7 Å². The van der Waals surface area contributed by atoms with E-state index in [1.54, 1.807) is 12.1 Å². The lowest BCUT2D eigenvalue weighted by atomic mass is 10.2. The minimum atomic E-state index is -0.471. The van der Waals surface area contributed by atoms with E-state index in [0.29, 0.717) is 22.8 Å². The number of nitro benzene ring substituents is 1. The van der Waals surface area contributed by atoms with Gasteiger partial charge in [-0.25, -0.2) is 5.10 Å². The number of nitrogens with zero attached hydrogens (tertiary/aromatic N) is 4. The van der Waals surface area contributed by atoms with Gasteiger partial charge in [0.2, 0.25) is 4.77 Å². The monoisotopic (exact) mass is 383 g/mol. The Hall–Kier alpha value is -3.33. The van der Waals surface area contributed by atoms with Gasteiger partial charge < -0.3 is 4.74 Å². The van der Waals surface area contributed by atoms with Crippen molar-refractivity contribution in [3.8, 4) is 17.1 Å². The second-order valence-corrected chi connectivity index (χ2v) is 5.99. The Labute approximate surface area is 160 Å². The zero-order valence-electron chi connectivity index (χ0n) is 14.5. The maximum Gasteiger partial charge on any atom is 0.311 e. The topological polar surface area (TPSA) is 98.3 Å². The van der Waals surface area contributed by atoms with E-state index in [2.05, 4.69) is 15.3 Å². The minimum Gasteiger partial charge on any atom is -0.487 e. The highest BCUT2D eigenvalue weighted by molar-refractivity contribution is 7.71. The summed E-state index contributed by atoms with van der Waals surface area (Å²) in [5.74, 6) is 0.790. The minimum absolute atomic E-state index is 0.105. The Bertz CT molecular complexity index is 1030. The van der Waals surface area contributed by atoms with Gasteiger partial charge in [0.15, 0.2) is 11.6 Å². The van der Waals surface area contributed by atoms with Crippen molar-refractivity contribution in [2.45, 2.75) is 13.3 Å². The molecule has 0 saturated carbocycles. The number of rotatable bonds is 7. The molecule has 8 nitrogen and oxygen atoms in total. The van der Waals surface area contributed by atoms with Crippen LogP contribution < -0.4 is 4.74 Å². The lowest BCUT2D eigenvalue weighted by molar-refractivity contribution is -0.385. The van der Waals surface area contributed by atoms with Gasteiger partial charge in [-0.15, -0.1) is 0 Å². The van der Waals surface area contributed by atoms with E-state index >= 15 is 0 Å². The summed E-state index contributed by atoms with van der Waals surface area (Å²) in [6.07, 6.45) is 2.26. The van der Waals surface area contributed by atoms with Gasteiger partial charge in [-0.3, -0.25) is 10.1 Å². The number of nitro groups is 1. The molecule has 27 heavy (non-hydrogen) atoms. The van der Waals surface area contributed by atoms with Crippen LogP contribution in [0.1, 0.15) is 18.9 Å². The number of aromatic nitrogens is 3. The van der Waals surface area contributed by atoms with E-state index in [-0.39, 0.29) is 11.4 Å². The number of aromatic amines is 1. The first kappa shape index (κ1) is 18.5. The van der Waals surface area contributed by atoms with Crippen molar-refractivity contribution in [2.24, 2.45) is 5.10 Å². The average Bonchev–Trinajstić information content (AvgIpc) is 3.06. The van der Waals surface area contributed by atoms with Crippen molar-refractivity contribution < 1.29 is 9.66 Å². The van der Waals surface area contributed by atoms with E-state index in [1.165, 1.54) is 17.0 Å². The van der Waals surface area contributed by atoms with Gasteiger partial charge in [0.1, 0.15) is 0 Å². The Balaban J connectivity index is 1.93. The van der Waals surface area contributed by atoms with Crippen LogP contribution in [0.3, 0.4) is 0 Å².